The van der Waals surface area contributed by atoms with Gasteiger partial charge in [-0.2, -0.15) is 0 Å². The Kier molecular flexibility index (Phi) is 8.48. The van der Waals surface area contributed by atoms with Crippen LogP contribution in [0.15, 0.2) is 89.9 Å². The van der Waals surface area contributed by atoms with Gasteiger partial charge in [-0.1, -0.05) is 54.6 Å². The minimum Gasteiger partial charge on any atom is -0.379 e. The molecule has 10 heteroatoms. The Balaban J connectivity index is 1.48. The number of benzodiazepines with no additional fused rings is 1. The number of para-hydroxylation sites is 3. The van der Waals surface area contributed by atoms with Crippen molar-refractivity contribution in [1.29, 1.82) is 0 Å². The van der Waals surface area contributed by atoms with Gasteiger partial charge >= 0.3 is 6.03 Å². The summed E-state index contributed by atoms with van der Waals surface area (Å²) in [6.45, 7) is 4.80. The van der Waals surface area contributed by atoms with E-state index < -0.39 is 24.1 Å². The Bertz CT molecular complexity index is 1380. The predicted molar refractivity (Wildman–Crippen MR) is 155 cm³/mol. The fourth-order valence-electron chi connectivity index (χ4n) is 4.75. The van der Waals surface area contributed by atoms with E-state index in [4.69, 9.17) is 9.73 Å². The zero-order valence-electron chi connectivity index (χ0n) is 22.2. The zero-order valence-corrected chi connectivity index (χ0v) is 22.2. The summed E-state index contributed by atoms with van der Waals surface area (Å²) in [7, 11) is 0. The second-order valence-corrected chi connectivity index (χ2v) is 9.59. The number of morpholine rings is 1. The summed E-state index contributed by atoms with van der Waals surface area (Å²) in [4.78, 5) is 48.9. The summed E-state index contributed by atoms with van der Waals surface area (Å²) >= 11 is 0. The van der Waals surface area contributed by atoms with E-state index in [9.17, 15) is 14.4 Å². The molecule has 40 heavy (non-hydrogen) atoms. The lowest BCUT2D eigenvalue weighted by Gasteiger charge is -2.30. The van der Waals surface area contributed by atoms with Crippen LogP contribution in [0.2, 0.25) is 0 Å². The number of carbonyl (C=O) groups is 3. The number of ether oxygens (including phenoxy) is 1. The normalized spacial score (nSPS) is 18.1. The average molecular weight is 541 g/mol. The summed E-state index contributed by atoms with van der Waals surface area (Å²) < 4.78 is 5.50. The number of nitrogens with one attached hydrogen (secondary N) is 3. The van der Waals surface area contributed by atoms with Crippen molar-refractivity contribution in [3.63, 3.8) is 0 Å². The quantitative estimate of drug-likeness (QED) is 0.425. The van der Waals surface area contributed by atoms with Gasteiger partial charge in [0.2, 0.25) is 12.1 Å². The highest BCUT2D eigenvalue weighted by Gasteiger charge is 2.38. The number of amides is 4. The fourth-order valence-corrected chi connectivity index (χ4v) is 4.75. The monoisotopic (exact) mass is 540 g/mol. The SMILES string of the molecule is CC(C(=O)Nc1ccccc1)N1C(=O)C(NC(=O)Nc2ccccc2)N=C(CN2CCOCC2)c2ccccc21. The van der Waals surface area contributed by atoms with E-state index in [1.807, 2.05) is 42.5 Å². The maximum Gasteiger partial charge on any atom is 0.321 e. The fraction of sp³-hybridized carbons (Fsp3) is 0.267. The van der Waals surface area contributed by atoms with Crippen molar-refractivity contribution in [3.05, 3.63) is 90.5 Å². The third kappa shape index (κ3) is 6.36. The molecule has 0 aromatic heterocycles. The summed E-state index contributed by atoms with van der Waals surface area (Å²) in [6, 6.07) is 23.9. The van der Waals surface area contributed by atoms with Crippen LogP contribution in [0.4, 0.5) is 21.9 Å². The van der Waals surface area contributed by atoms with Gasteiger partial charge in [-0.25, -0.2) is 4.79 Å². The maximum atomic E-state index is 14.1. The van der Waals surface area contributed by atoms with Crippen molar-refractivity contribution in [3.8, 4) is 0 Å². The maximum absolute atomic E-state index is 14.1. The second-order valence-electron chi connectivity index (χ2n) is 9.59. The average Bonchev–Trinajstić information content (AvgIpc) is 3.08. The largest absolute Gasteiger partial charge is 0.379 e. The van der Waals surface area contributed by atoms with Crippen LogP contribution in [0, 0.1) is 0 Å². The number of hydrogen-bond donors (Lipinski definition) is 3. The van der Waals surface area contributed by atoms with E-state index in [2.05, 4.69) is 20.9 Å². The van der Waals surface area contributed by atoms with Gasteiger partial charge < -0.3 is 20.7 Å². The van der Waals surface area contributed by atoms with Crippen LogP contribution in [-0.4, -0.2) is 73.5 Å². The van der Waals surface area contributed by atoms with Gasteiger partial charge in [0.1, 0.15) is 6.04 Å². The summed E-state index contributed by atoms with van der Waals surface area (Å²) in [5, 5.41) is 8.36. The molecule has 1 fully saturated rings. The zero-order chi connectivity index (χ0) is 27.9. The van der Waals surface area contributed by atoms with E-state index in [-0.39, 0.29) is 5.91 Å². The minimum absolute atomic E-state index is 0.363. The van der Waals surface area contributed by atoms with Crippen molar-refractivity contribution in [2.24, 2.45) is 4.99 Å². The Labute approximate surface area is 233 Å². The second kappa shape index (κ2) is 12.5. The van der Waals surface area contributed by atoms with E-state index in [1.165, 1.54) is 4.90 Å². The van der Waals surface area contributed by atoms with Gasteiger partial charge in [0.25, 0.3) is 5.91 Å². The molecule has 2 unspecified atom stereocenters. The molecule has 5 rings (SSSR count). The van der Waals surface area contributed by atoms with E-state index >= 15 is 0 Å². The van der Waals surface area contributed by atoms with E-state index in [1.54, 1.807) is 49.4 Å². The van der Waals surface area contributed by atoms with Crippen molar-refractivity contribution in [2.45, 2.75) is 19.1 Å². The number of urea groups is 1. The molecule has 4 amide bonds. The molecule has 0 saturated carbocycles. The van der Waals surface area contributed by atoms with Gasteiger partial charge in [0.05, 0.1) is 24.6 Å². The van der Waals surface area contributed by atoms with Crippen molar-refractivity contribution in [2.75, 3.05) is 48.4 Å². The number of benzene rings is 3. The Hall–Kier alpha value is -4.54. The standard InChI is InChI=1S/C30H32N6O4/c1-21(28(37)31-22-10-4-2-5-11-22)36-26-15-9-8-14-24(26)25(20-35-16-18-40-19-17-35)33-27(29(36)38)34-30(39)32-23-12-6-3-7-13-23/h2-15,21,27H,16-20H2,1H3,(H,31,37)(H2,32,34,39). The number of nitrogens with zero attached hydrogens (tertiary/aromatic N) is 3. The molecule has 3 aromatic rings. The van der Waals surface area contributed by atoms with Crippen LogP contribution in [0.1, 0.15) is 12.5 Å². The molecular formula is C30H32N6O4. The molecule has 10 nitrogen and oxygen atoms in total. The molecule has 206 valence electrons. The first kappa shape index (κ1) is 27.0. The van der Waals surface area contributed by atoms with Crippen LogP contribution in [0.25, 0.3) is 0 Å². The molecule has 2 atom stereocenters. The van der Waals surface area contributed by atoms with Gasteiger partial charge in [0, 0.05) is 36.6 Å². The Morgan fingerprint density at radius 1 is 0.900 bits per heavy atom. The highest BCUT2D eigenvalue weighted by atomic mass is 16.5. The molecule has 0 radical (unpaired) electrons. The smallest absolute Gasteiger partial charge is 0.321 e. The van der Waals surface area contributed by atoms with Crippen molar-refractivity contribution in [1.82, 2.24) is 10.2 Å². The molecule has 2 aliphatic rings. The highest BCUT2D eigenvalue weighted by Crippen LogP contribution is 2.28. The number of aliphatic imine (C=N–C) groups is 1. The molecule has 2 heterocycles. The van der Waals surface area contributed by atoms with Crippen molar-refractivity contribution < 1.29 is 19.1 Å². The highest BCUT2D eigenvalue weighted by molar-refractivity contribution is 6.16. The number of fused-ring (bicyclic) bond motifs is 1. The number of anilines is 3. The molecule has 0 bridgehead atoms. The van der Waals surface area contributed by atoms with Crippen LogP contribution in [0.3, 0.4) is 0 Å². The summed E-state index contributed by atoms with van der Waals surface area (Å²) in [5.41, 5.74) is 3.14. The minimum atomic E-state index is -1.25. The first-order valence-electron chi connectivity index (χ1n) is 13.3. The third-order valence-corrected chi connectivity index (χ3v) is 6.82. The molecule has 2 aliphatic heterocycles. The van der Waals surface area contributed by atoms with Gasteiger partial charge in [-0.15, -0.1) is 0 Å². The Morgan fingerprint density at radius 3 is 2.17 bits per heavy atom. The first-order valence-corrected chi connectivity index (χ1v) is 13.3. The van der Waals surface area contributed by atoms with Crippen LogP contribution < -0.4 is 20.9 Å². The lowest BCUT2D eigenvalue weighted by Crippen LogP contribution is -2.54. The lowest BCUT2D eigenvalue weighted by molar-refractivity contribution is -0.124. The molecular weight excluding hydrogens is 508 g/mol. The number of hydrogen-bond acceptors (Lipinski definition) is 6. The molecule has 3 aromatic carbocycles. The van der Waals surface area contributed by atoms with Crippen molar-refractivity contribution >= 4 is 40.6 Å². The molecule has 1 saturated heterocycles. The van der Waals surface area contributed by atoms with E-state index in [0.717, 1.165) is 18.7 Å². The predicted octanol–water partition coefficient (Wildman–Crippen LogP) is 3.33. The summed E-state index contributed by atoms with van der Waals surface area (Å²) in [5.74, 6) is -0.873. The number of rotatable bonds is 7. The van der Waals surface area contributed by atoms with Gasteiger partial charge in [-0.05, 0) is 37.3 Å². The van der Waals surface area contributed by atoms with Crippen LogP contribution in [0.5, 0.6) is 0 Å². The molecule has 0 aliphatic carbocycles. The molecule has 3 N–H and O–H groups in total. The van der Waals surface area contributed by atoms with Crippen LogP contribution >= 0.6 is 0 Å². The molecule has 0 spiro atoms. The van der Waals surface area contributed by atoms with Crippen LogP contribution in [-0.2, 0) is 14.3 Å². The first-order chi connectivity index (χ1) is 19.5. The lowest BCUT2D eigenvalue weighted by atomic mass is 10.0. The third-order valence-electron chi connectivity index (χ3n) is 6.82. The number of carbonyl (C=O) groups excluding carboxylic acids is 3. The van der Waals surface area contributed by atoms with Gasteiger partial charge in [0.15, 0.2) is 0 Å². The topological polar surface area (TPSA) is 115 Å². The van der Waals surface area contributed by atoms with Gasteiger partial charge in [-0.3, -0.25) is 24.4 Å². The Morgan fingerprint density at radius 2 is 1.50 bits per heavy atom. The summed E-state index contributed by atoms with van der Waals surface area (Å²) in [6.07, 6.45) is -1.25. The van der Waals surface area contributed by atoms with E-state index in [0.29, 0.717) is 42.5 Å².